The minimum Gasteiger partial charge on any atom is -0.487 e. The van der Waals surface area contributed by atoms with Gasteiger partial charge in [-0.15, -0.1) is 22.9 Å². The third-order valence-corrected chi connectivity index (χ3v) is 4.26. The molecule has 3 rings (SSSR count). The van der Waals surface area contributed by atoms with E-state index in [9.17, 15) is 0 Å². The van der Waals surface area contributed by atoms with E-state index >= 15 is 0 Å². The lowest BCUT2D eigenvalue weighted by Gasteiger charge is -2.11. The number of aromatic nitrogens is 1. The van der Waals surface area contributed by atoms with Crippen LogP contribution in [0.5, 0.6) is 5.75 Å². The van der Waals surface area contributed by atoms with E-state index in [0.717, 1.165) is 27.4 Å². The quantitative estimate of drug-likeness (QED) is 0.638. The van der Waals surface area contributed by atoms with Gasteiger partial charge in [-0.3, -0.25) is 0 Å². The normalized spacial score (nSPS) is 10.9. The van der Waals surface area contributed by atoms with Crippen LogP contribution < -0.4 is 4.74 Å². The predicted octanol–water partition coefficient (Wildman–Crippen LogP) is 4.92. The zero-order chi connectivity index (χ0) is 13.9. The van der Waals surface area contributed by atoms with Gasteiger partial charge in [-0.05, 0) is 23.8 Å². The van der Waals surface area contributed by atoms with Crippen LogP contribution in [0, 0.1) is 6.92 Å². The molecule has 2 aromatic carbocycles. The summed E-state index contributed by atoms with van der Waals surface area (Å²) in [5, 5.41) is 5.41. The SMILES string of the molecule is Cc1nc(COc2ccc3ccccc3c2CCl)cs1. The summed E-state index contributed by atoms with van der Waals surface area (Å²) in [4.78, 5) is 4.40. The summed E-state index contributed by atoms with van der Waals surface area (Å²) >= 11 is 7.74. The molecule has 4 heteroatoms. The molecular formula is C16H14ClNOS. The van der Waals surface area contributed by atoms with Crippen LogP contribution in [0.2, 0.25) is 0 Å². The highest BCUT2D eigenvalue weighted by Crippen LogP contribution is 2.30. The standard InChI is InChI=1S/C16H14ClNOS/c1-11-18-13(10-20-11)9-19-16-7-6-12-4-2-3-5-14(12)15(16)8-17/h2-7,10H,8-9H2,1H3. The van der Waals surface area contributed by atoms with Crippen molar-refractivity contribution in [1.82, 2.24) is 4.98 Å². The molecule has 0 radical (unpaired) electrons. The number of thiazole rings is 1. The highest BCUT2D eigenvalue weighted by Gasteiger charge is 2.08. The van der Waals surface area contributed by atoms with Crippen molar-refractivity contribution in [2.45, 2.75) is 19.4 Å². The van der Waals surface area contributed by atoms with Crippen molar-refractivity contribution in [3.63, 3.8) is 0 Å². The van der Waals surface area contributed by atoms with E-state index in [1.54, 1.807) is 11.3 Å². The van der Waals surface area contributed by atoms with Gasteiger partial charge >= 0.3 is 0 Å². The fourth-order valence-electron chi connectivity index (χ4n) is 2.22. The Balaban J connectivity index is 1.91. The van der Waals surface area contributed by atoms with E-state index in [4.69, 9.17) is 16.3 Å². The maximum atomic E-state index is 6.10. The van der Waals surface area contributed by atoms with Gasteiger partial charge in [0, 0.05) is 10.9 Å². The van der Waals surface area contributed by atoms with E-state index in [2.05, 4.69) is 23.2 Å². The van der Waals surface area contributed by atoms with Crippen molar-refractivity contribution in [1.29, 1.82) is 0 Å². The molecule has 0 bridgehead atoms. The minimum absolute atomic E-state index is 0.437. The average Bonchev–Trinajstić information content (AvgIpc) is 2.90. The molecule has 0 aliphatic carbocycles. The van der Waals surface area contributed by atoms with E-state index in [1.165, 1.54) is 5.39 Å². The van der Waals surface area contributed by atoms with Crippen molar-refractivity contribution in [2.24, 2.45) is 0 Å². The first-order valence-corrected chi connectivity index (χ1v) is 7.80. The molecule has 1 heterocycles. The summed E-state index contributed by atoms with van der Waals surface area (Å²) in [6, 6.07) is 12.3. The van der Waals surface area contributed by atoms with Gasteiger partial charge in [0.25, 0.3) is 0 Å². The summed E-state index contributed by atoms with van der Waals surface area (Å²) in [5.41, 5.74) is 2.00. The third kappa shape index (κ3) is 2.65. The van der Waals surface area contributed by atoms with Gasteiger partial charge in [-0.1, -0.05) is 30.3 Å². The summed E-state index contributed by atoms with van der Waals surface area (Å²) in [6.07, 6.45) is 0. The molecule has 0 N–H and O–H groups in total. The maximum Gasteiger partial charge on any atom is 0.131 e. The van der Waals surface area contributed by atoms with E-state index < -0.39 is 0 Å². The molecule has 0 unspecified atom stereocenters. The fraction of sp³-hybridized carbons (Fsp3) is 0.188. The number of alkyl halides is 1. The van der Waals surface area contributed by atoms with Gasteiger partial charge in [-0.2, -0.15) is 0 Å². The van der Waals surface area contributed by atoms with Crippen LogP contribution in [0.4, 0.5) is 0 Å². The molecule has 2 nitrogen and oxygen atoms in total. The van der Waals surface area contributed by atoms with Crippen LogP contribution in [-0.2, 0) is 12.5 Å². The van der Waals surface area contributed by atoms with Gasteiger partial charge in [0.1, 0.15) is 12.4 Å². The molecule has 3 aromatic rings. The van der Waals surface area contributed by atoms with Gasteiger partial charge in [0.05, 0.1) is 16.6 Å². The molecule has 0 saturated heterocycles. The Morgan fingerprint density at radius 3 is 2.80 bits per heavy atom. The molecule has 0 fully saturated rings. The lowest BCUT2D eigenvalue weighted by molar-refractivity contribution is 0.300. The number of fused-ring (bicyclic) bond motifs is 1. The van der Waals surface area contributed by atoms with Crippen LogP contribution >= 0.6 is 22.9 Å². The van der Waals surface area contributed by atoms with Crippen LogP contribution in [0.1, 0.15) is 16.3 Å². The monoisotopic (exact) mass is 303 g/mol. The molecule has 0 atom stereocenters. The number of hydrogen-bond acceptors (Lipinski definition) is 3. The molecule has 0 aliphatic heterocycles. The summed E-state index contributed by atoms with van der Waals surface area (Å²) in [5.74, 6) is 1.27. The smallest absolute Gasteiger partial charge is 0.131 e. The van der Waals surface area contributed by atoms with E-state index in [0.29, 0.717) is 12.5 Å². The molecule has 1 aromatic heterocycles. The molecule has 0 amide bonds. The minimum atomic E-state index is 0.437. The van der Waals surface area contributed by atoms with Crippen molar-refractivity contribution in [3.8, 4) is 5.75 Å². The van der Waals surface area contributed by atoms with Gasteiger partial charge in [-0.25, -0.2) is 4.98 Å². The lowest BCUT2D eigenvalue weighted by atomic mass is 10.0. The number of ether oxygens (including phenoxy) is 1. The second kappa shape index (κ2) is 5.81. The second-order valence-corrected chi connectivity index (χ2v) is 5.87. The number of rotatable bonds is 4. The second-order valence-electron chi connectivity index (χ2n) is 4.54. The predicted molar refractivity (Wildman–Crippen MR) is 84.7 cm³/mol. The zero-order valence-corrected chi connectivity index (χ0v) is 12.7. The van der Waals surface area contributed by atoms with Gasteiger partial charge in [0.2, 0.25) is 0 Å². The van der Waals surface area contributed by atoms with Crippen LogP contribution in [0.15, 0.2) is 41.8 Å². The topological polar surface area (TPSA) is 22.1 Å². The molecule has 0 aliphatic rings. The molecule has 0 saturated carbocycles. The van der Waals surface area contributed by atoms with Crippen LogP contribution in [0.3, 0.4) is 0 Å². The molecule has 0 spiro atoms. The largest absolute Gasteiger partial charge is 0.487 e. The maximum absolute atomic E-state index is 6.10. The van der Waals surface area contributed by atoms with Crippen LogP contribution in [0.25, 0.3) is 10.8 Å². The average molecular weight is 304 g/mol. The molecular weight excluding hydrogens is 290 g/mol. The Hall–Kier alpha value is -1.58. The van der Waals surface area contributed by atoms with Crippen molar-refractivity contribution < 1.29 is 4.74 Å². The first kappa shape index (κ1) is 13.4. The number of benzene rings is 2. The first-order valence-electron chi connectivity index (χ1n) is 6.38. The van der Waals surface area contributed by atoms with Crippen LogP contribution in [-0.4, -0.2) is 4.98 Å². The number of nitrogens with zero attached hydrogens (tertiary/aromatic N) is 1. The summed E-state index contributed by atoms with van der Waals surface area (Å²) < 4.78 is 5.90. The number of aryl methyl sites for hydroxylation is 1. The van der Waals surface area contributed by atoms with E-state index in [-0.39, 0.29) is 0 Å². The van der Waals surface area contributed by atoms with Gasteiger partial charge < -0.3 is 4.74 Å². The fourth-order valence-corrected chi connectivity index (χ4v) is 3.09. The summed E-state index contributed by atoms with van der Waals surface area (Å²) in [7, 11) is 0. The Morgan fingerprint density at radius 2 is 2.05 bits per heavy atom. The number of hydrogen-bond donors (Lipinski definition) is 0. The van der Waals surface area contributed by atoms with Gasteiger partial charge in [0.15, 0.2) is 0 Å². The van der Waals surface area contributed by atoms with Crippen molar-refractivity contribution in [3.05, 3.63) is 58.0 Å². The Morgan fingerprint density at radius 1 is 1.20 bits per heavy atom. The Bertz CT molecular complexity index is 738. The Kier molecular flexibility index (Phi) is 3.90. The Labute approximate surface area is 127 Å². The molecule has 20 heavy (non-hydrogen) atoms. The lowest BCUT2D eigenvalue weighted by Crippen LogP contribution is -1.99. The highest BCUT2D eigenvalue weighted by molar-refractivity contribution is 7.09. The molecule has 102 valence electrons. The first-order chi connectivity index (χ1) is 9.78. The zero-order valence-electron chi connectivity index (χ0n) is 11.1. The van der Waals surface area contributed by atoms with Crippen molar-refractivity contribution in [2.75, 3.05) is 0 Å². The highest BCUT2D eigenvalue weighted by atomic mass is 35.5. The number of halogens is 1. The third-order valence-electron chi connectivity index (χ3n) is 3.17. The summed E-state index contributed by atoms with van der Waals surface area (Å²) in [6.45, 7) is 2.47. The van der Waals surface area contributed by atoms with E-state index in [1.807, 2.05) is 30.5 Å². The van der Waals surface area contributed by atoms with Crippen molar-refractivity contribution >= 4 is 33.7 Å².